The van der Waals surface area contributed by atoms with E-state index < -0.39 is 0 Å². The average Bonchev–Trinajstić information content (AvgIpc) is 3.26. The Balaban J connectivity index is 1.62. The Morgan fingerprint density at radius 3 is 2.38 bits per heavy atom. The summed E-state index contributed by atoms with van der Waals surface area (Å²) in [6.07, 6.45) is 2.17. The third kappa shape index (κ3) is 3.55. The summed E-state index contributed by atoms with van der Waals surface area (Å²) in [7, 11) is 0. The summed E-state index contributed by atoms with van der Waals surface area (Å²) in [4.78, 5) is 39.5. The van der Waals surface area contributed by atoms with Crippen molar-refractivity contribution in [3.63, 3.8) is 0 Å². The number of carbonyl (C=O) groups excluding carboxylic acids is 2. The maximum Gasteiger partial charge on any atom is 0.329 e. The van der Waals surface area contributed by atoms with E-state index in [9.17, 15) is 14.4 Å². The molecule has 29 heavy (non-hydrogen) atoms. The van der Waals surface area contributed by atoms with Gasteiger partial charge in [-0.05, 0) is 37.1 Å². The van der Waals surface area contributed by atoms with Crippen LogP contribution in [-0.4, -0.2) is 27.5 Å². The number of anilines is 2. The van der Waals surface area contributed by atoms with Gasteiger partial charge in [-0.15, -0.1) is 0 Å². The number of aryl methyl sites for hydroxylation is 1. The van der Waals surface area contributed by atoms with Gasteiger partial charge in [0.05, 0.1) is 22.4 Å². The van der Waals surface area contributed by atoms with Crippen LogP contribution in [-0.2, 0) is 22.7 Å². The number of hydrogen-bond acceptors (Lipinski definition) is 3. The maximum absolute atomic E-state index is 12.9. The van der Waals surface area contributed by atoms with E-state index in [-0.39, 0.29) is 24.0 Å². The van der Waals surface area contributed by atoms with Crippen molar-refractivity contribution in [3.8, 4) is 0 Å². The van der Waals surface area contributed by atoms with Crippen molar-refractivity contribution >= 4 is 34.2 Å². The lowest BCUT2D eigenvalue weighted by atomic mass is 10.2. The molecule has 0 bridgehead atoms. The van der Waals surface area contributed by atoms with Gasteiger partial charge in [0.2, 0.25) is 11.8 Å². The molecule has 0 radical (unpaired) electrons. The monoisotopic (exact) mass is 392 g/mol. The second kappa shape index (κ2) is 7.95. The Kier molecular flexibility index (Phi) is 5.20. The minimum absolute atomic E-state index is 0.0607. The van der Waals surface area contributed by atoms with Gasteiger partial charge in [-0.2, -0.15) is 0 Å². The Morgan fingerprint density at radius 2 is 1.69 bits per heavy atom. The molecular formula is C22H24N4O3. The number of carbonyl (C=O) groups is 2. The molecule has 2 heterocycles. The molecule has 0 aliphatic carbocycles. The van der Waals surface area contributed by atoms with Crippen LogP contribution in [0.1, 0.15) is 26.2 Å². The molecule has 1 saturated heterocycles. The molecule has 0 spiro atoms. The summed E-state index contributed by atoms with van der Waals surface area (Å²) in [5, 5.41) is 2.89. The largest absolute Gasteiger partial charge is 0.329 e. The number of amides is 2. The number of rotatable bonds is 6. The van der Waals surface area contributed by atoms with Crippen LogP contribution in [0.4, 0.5) is 11.4 Å². The second-order valence-corrected chi connectivity index (χ2v) is 7.22. The van der Waals surface area contributed by atoms with E-state index in [0.717, 1.165) is 23.9 Å². The zero-order chi connectivity index (χ0) is 20.4. The van der Waals surface area contributed by atoms with E-state index in [1.54, 1.807) is 15.5 Å². The van der Waals surface area contributed by atoms with Gasteiger partial charge in [0, 0.05) is 19.5 Å². The zero-order valence-corrected chi connectivity index (χ0v) is 16.4. The first-order valence-corrected chi connectivity index (χ1v) is 9.97. The fraction of sp³-hybridized carbons (Fsp3) is 0.318. The minimum atomic E-state index is -0.300. The molecule has 0 saturated carbocycles. The molecule has 150 valence electrons. The van der Waals surface area contributed by atoms with Crippen molar-refractivity contribution in [2.24, 2.45) is 0 Å². The molecule has 1 aliphatic heterocycles. The van der Waals surface area contributed by atoms with Gasteiger partial charge in [-0.25, -0.2) is 4.79 Å². The fourth-order valence-corrected chi connectivity index (χ4v) is 3.92. The van der Waals surface area contributed by atoms with Crippen molar-refractivity contribution in [2.45, 2.75) is 39.3 Å². The molecule has 1 aliphatic rings. The first-order chi connectivity index (χ1) is 14.1. The first-order valence-electron chi connectivity index (χ1n) is 9.97. The summed E-state index contributed by atoms with van der Waals surface area (Å²) >= 11 is 0. The van der Waals surface area contributed by atoms with Gasteiger partial charge in [0.25, 0.3) is 0 Å². The number of hydrogen-bond donors (Lipinski definition) is 1. The normalized spacial score (nSPS) is 14.0. The highest BCUT2D eigenvalue weighted by Crippen LogP contribution is 2.29. The molecule has 1 aromatic heterocycles. The Bertz CT molecular complexity index is 1130. The molecule has 1 fully saturated rings. The highest BCUT2D eigenvalue weighted by molar-refractivity contribution is 6.02. The molecule has 2 aromatic carbocycles. The van der Waals surface area contributed by atoms with Crippen LogP contribution in [0, 0.1) is 0 Å². The lowest BCUT2D eigenvalue weighted by molar-refractivity contribution is -0.117. The molecule has 7 nitrogen and oxygen atoms in total. The zero-order valence-electron chi connectivity index (χ0n) is 16.4. The number of aromatic nitrogens is 2. The summed E-state index contributed by atoms with van der Waals surface area (Å²) < 4.78 is 3.21. The van der Waals surface area contributed by atoms with Crippen molar-refractivity contribution < 1.29 is 9.59 Å². The molecule has 0 atom stereocenters. The van der Waals surface area contributed by atoms with Crippen LogP contribution in [0.2, 0.25) is 0 Å². The first kappa shape index (κ1) is 19.0. The van der Waals surface area contributed by atoms with Crippen LogP contribution in [0.5, 0.6) is 0 Å². The van der Waals surface area contributed by atoms with Crippen LogP contribution in [0.15, 0.2) is 53.3 Å². The predicted octanol–water partition coefficient (Wildman–Crippen LogP) is 2.98. The summed E-state index contributed by atoms with van der Waals surface area (Å²) in [6, 6.07) is 14.8. The van der Waals surface area contributed by atoms with Crippen molar-refractivity contribution in [2.75, 3.05) is 16.8 Å². The van der Waals surface area contributed by atoms with Crippen molar-refractivity contribution in [1.29, 1.82) is 0 Å². The van der Waals surface area contributed by atoms with Crippen LogP contribution < -0.4 is 15.9 Å². The van der Waals surface area contributed by atoms with Crippen LogP contribution in [0.3, 0.4) is 0 Å². The highest BCUT2D eigenvalue weighted by atomic mass is 16.2. The number of benzene rings is 2. The lowest BCUT2D eigenvalue weighted by Gasteiger charge is -2.20. The number of fused-ring (bicyclic) bond motifs is 1. The van der Waals surface area contributed by atoms with Crippen LogP contribution in [0.25, 0.3) is 11.0 Å². The predicted molar refractivity (Wildman–Crippen MR) is 113 cm³/mol. The smallest absolute Gasteiger partial charge is 0.323 e. The summed E-state index contributed by atoms with van der Waals surface area (Å²) in [6.45, 7) is 3.18. The third-order valence-electron chi connectivity index (χ3n) is 5.22. The number of nitrogens with one attached hydrogen (secondary N) is 1. The Morgan fingerprint density at radius 1 is 1.00 bits per heavy atom. The number of nitrogens with zero attached hydrogens (tertiary/aromatic N) is 3. The second-order valence-electron chi connectivity index (χ2n) is 7.22. The number of imidazole rings is 1. The Hall–Kier alpha value is -3.35. The quantitative estimate of drug-likeness (QED) is 0.701. The summed E-state index contributed by atoms with van der Waals surface area (Å²) in [5.41, 5.74) is 2.66. The van der Waals surface area contributed by atoms with Gasteiger partial charge < -0.3 is 10.2 Å². The molecule has 4 rings (SSSR count). The highest BCUT2D eigenvalue weighted by Gasteiger charge is 2.24. The number of para-hydroxylation sites is 4. The fourth-order valence-electron chi connectivity index (χ4n) is 3.92. The van der Waals surface area contributed by atoms with Crippen LogP contribution >= 0.6 is 0 Å². The topological polar surface area (TPSA) is 76.3 Å². The molecule has 2 amide bonds. The lowest BCUT2D eigenvalue weighted by Crippen LogP contribution is -2.30. The molecule has 7 heteroatoms. The minimum Gasteiger partial charge on any atom is -0.323 e. The van der Waals surface area contributed by atoms with E-state index in [1.165, 1.54) is 4.57 Å². The van der Waals surface area contributed by atoms with Gasteiger partial charge >= 0.3 is 5.69 Å². The van der Waals surface area contributed by atoms with Gasteiger partial charge in [-0.3, -0.25) is 18.7 Å². The Labute approximate surface area is 168 Å². The standard InChI is InChI=1S/C22H24N4O3/c1-2-13-25-18-10-5-6-11-19(18)26(22(25)29)15-20(27)23-16-8-3-4-9-17(16)24-14-7-12-21(24)28/h3-6,8-11H,2,7,12-15H2,1H3,(H,23,27). The third-order valence-corrected chi connectivity index (χ3v) is 5.22. The molecule has 3 aromatic rings. The van der Waals surface area contributed by atoms with E-state index >= 15 is 0 Å². The molecule has 1 N–H and O–H groups in total. The van der Waals surface area contributed by atoms with Gasteiger partial charge in [0.1, 0.15) is 6.54 Å². The van der Waals surface area contributed by atoms with Gasteiger partial charge in [-0.1, -0.05) is 31.2 Å². The van der Waals surface area contributed by atoms with E-state index in [0.29, 0.717) is 30.9 Å². The maximum atomic E-state index is 12.9. The average molecular weight is 392 g/mol. The SMILES string of the molecule is CCCn1c(=O)n(CC(=O)Nc2ccccc2N2CCCC2=O)c2ccccc21. The molecule has 0 unspecified atom stereocenters. The van der Waals surface area contributed by atoms with Crippen molar-refractivity contribution in [3.05, 3.63) is 59.0 Å². The van der Waals surface area contributed by atoms with Gasteiger partial charge in [0.15, 0.2) is 0 Å². The van der Waals surface area contributed by atoms with E-state index in [1.807, 2.05) is 49.4 Å². The van der Waals surface area contributed by atoms with Crippen molar-refractivity contribution in [1.82, 2.24) is 9.13 Å². The molecular weight excluding hydrogens is 368 g/mol. The van der Waals surface area contributed by atoms with E-state index in [4.69, 9.17) is 0 Å². The van der Waals surface area contributed by atoms with E-state index in [2.05, 4.69) is 5.32 Å². The summed E-state index contributed by atoms with van der Waals surface area (Å²) in [5.74, 6) is -0.240.